The monoisotopic (exact) mass is 318 g/mol. The van der Waals surface area contributed by atoms with Gasteiger partial charge in [0.2, 0.25) is 5.91 Å². The molecule has 0 radical (unpaired) electrons. The van der Waals surface area contributed by atoms with Gasteiger partial charge >= 0.3 is 0 Å². The molecule has 2 aromatic rings. The maximum absolute atomic E-state index is 13.1. The first kappa shape index (κ1) is 14.2. The molecule has 5 rings (SSSR count). The van der Waals surface area contributed by atoms with Crippen molar-refractivity contribution in [3.63, 3.8) is 0 Å². The van der Waals surface area contributed by atoms with Crippen LogP contribution in [-0.2, 0) is 17.8 Å². The molecule has 3 aliphatic heterocycles. The number of anilines is 1. The summed E-state index contributed by atoms with van der Waals surface area (Å²) in [7, 11) is 0. The van der Waals surface area contributed by atoms with E-state index in [9.17, 15) is 4.79 Å². The Balaban J connectivity index is 1.48. The lowest BCUT2D eigenvalue weighted by Crippen LogP contribution is -2.45. The maximum Gasteiger partial charge on any atom is 0.232 e. The van der Waals surface area contributed by atoms with Crippen molar-refractivity contribution >= 4 is 11.6 Å². The third kappa shape index (κ3) is 2.11. The number of nitrogens with zero attached hydrogens (tertiary/aromatic N) is 2. The predicted molar refractivity (Wildman–Crippen MR) is 95.1 cm³/mol. The van der Waals surface area contributed by atoms with Crippen LogP contribution >= 0.6 is 0 Å². The first-order chi connectivity index (χ1) is 11.8. The third-order valence-corrected chi connectivity index (χ3v) is 5.88. The largest absolute Gasteiger partial charge is 0.312 e. The highest BCUT2D eigenvalue weighted by atomic mass is 16.2. The zero-order valence-corrected chi connectivity index (χ0v) is 13.8. The van der Waals surface area contributed by atoms with Crippen LogP contribution in [0.3, 0.4) is 0 Å². The predicted octanol–water partition coefficient (Wildman–Crippen LogP) is 3.20. The molecule has 3 nitrogen and oxygen atoms in total. The molecule has 2 unspecified atom stereocenters. The second-order valence-corrected chi connectivity index (χ2v) is 7.34. The molecule has 1 amide bonds. The van der Waals surface area contributed by atoms with Crippen LogP contribution in [0.4, 0.5) is 5.69 Å². The minimum absolute atomic E-state index is 0.134. The zero-order chi connectivity index (χ0) is 16.1. The van der Waals surface area contributed by atoms with Gasteiger partial charge in [0.15, 0.2) is 0 Å². The van der Waals surface area contributed by atoms with Crippen LogP contribution in [0, 0.1) is 5.92 Å². The van der Waals surface area contributed by atoms with E-state index in [4.69, 9.17) is 0 Å². The van der Waals surface area contributed by atoms with Crippen molar-refractivity contribution < 1.29 is 4.79 Å². The lowest BCUT2D eigenvalue weighted by molar-refractivity contribution is -0.123. The molecule has 0 spiro atoms. The Kier molecular flexibility index (Phi) is 3.23. The van der Waals surface area contributed by atoms with Crippen molar-refractivity contribution in [1.82, 2.24) is 4.90 Å². The summed E-state index contributed by atoms with van der Waals surface area (Å²) in [6.07, 6.45) is 2.20. The normalized spacial score (nSPS) is 25.5. The van der Waals surface area contributed by atoms with E-state index in [1.165, 1.54) is 22.4 Å². The first-order valence-electron chi connectivity index (χ1n) is 9.01. The molecule has 0 aliphatic carbocycles. The van der Waals surface area contributed by atoms with Crippen LogP contribution in [0.25, 0.3) is 0 Å². The van der Waals surface area contributed by atoms with E-state index in [-0.39, 0.29) is 5.92 Å². The van der Waals surface area contributed by atoms with Crippen molar-refractivity contribution in [2.45, 2.75) is 25.3 Å². The van der Waals surface area contributed by atoms with Crippen LogP contribution in [-0.4, -0.2) is 30.4 Å². The van der Waals surface area contributed by atoms with Gasteiger partial charge in [-0.05, 0) is 29.5 Å². The molecule has 2 atom stereocenters. The summed E-state index contributed by atoms with van der Waals surface area (Å²) in [4.78, 5) is 17.6. The SMILES string of the molecule is O=C1C2CN(Cc3ccccc3)CC2c2cccc3c2N1CCC3. The smallest absolute Gasteiger partial charge is 0.232 e. The number of fused-ring (bicyclic) bond motifs is 2. The zero-order valence-electron chi connectivity index (χ0n) is 13.8. The van der Waals surface area contributed by atoms with E-state index >= 15 is 0 Å². The Morgan fingerprint density at radius 1 is 0.958 bits per heavy atom. The molecule has 0 aromatic heterocycles. The van der Waals surface area contributed by atoms with Gasteiger partial charge in [-0.3, -0.25) is 9.69 Å². The number of benzene rings is 2. The first-order valence-corrected chi connectivity index (χ1v) is 9.01. The molecular formula is C21H22N2O. The van der Waals surface area contributed by atoms with Crippen molar-refractivity contribution in [3.05, 3.63) is 65.2 Å². The molecule has 24 heavy (non-hydrogen) atoms. The molecule has 1 fully saturated rings. The highest BCUT2D eigenvalue weighted by molar-refractivity contribution is 6.00. The minimum atomic E-state index is 0.134. The number of likely N-dealkylation sites (tertiary alicyclic amines) is 1. The Bertz CT molecular complexity index is 786. The van der Waals surface area contributed by atoms with E-state index < -0.39 is 0 Å². The molecule has 3 heteroatoms. The second-order valence-electron chi connectivity index (χ2n) is 7.34. The quantitative estimate of drug-likeness (QED) is 0.849. The molecule has 0 N–H and O–H groups in total. The number of hydrogen-bond donors (Lipinski definition) is 0. The van der Waals surface area contributed by atoms with Crippen LogP contribution < -0.4 is 4.90 Å². The fourth-order valence-corrected chi connectivity index (χ4v) is 4.82. The average molecular weight is 318 g/mol. The van der Waals surface area contributed by atoms with Crippen LogP contribution in [0.1, 0.15) is 29.0 Å². The third-order valence-electron chi connectivity index (χ3n) is 5.88. The Morgan fingerprint density at radius 3 is 2.67 bits per heavy atom. The van der Waals surface area contributed by atoms with Crippen molar-refractivity contribution in [3.8, 4) is 0 Å². The number of aryl methyl sites for hydroxylation is 1. The number of para-hydroxylation sites is 1. The van der Waals surface area contributed by atoms with Crippen molar-refractivity contribution in [1.29, 1.82) is 0 Å². The average Bonchev–Trinajstić information content (AvgIpc) is 3.04. The van der Waals surface area contributed by atoms with E-state index in [1.807, 2.05) is 0 Å². The van der Waals surface area contributed by atoms with E-state index in [0.717, 1.165) is 39.0 Å². The number of carbonyl (C=O) groups excluding carboxylic acids is 1. The van der Waals surface area contributed by atoms with Gasteiger partial charge in [-0.1, -0.05) is 48.5 Å². The molecule has 0 saturated carbocycles. The van der Waals surface area contributed by atoms with Crippen LogP contribution in [0.15, 0.2) is 48.5 Å². The van der Waals surface area contributed by atoms with E-state index in [1.54, 1.807) is 0 Å². The molecular weight excluding hydrogens is 296 g/mol. The molecule has 2 aromatic carbocycles. The lowest BCUT2D eigenvalue weighted by atomic mass is 9.80. The topological polar surface area (TPSA) is 23.6 Å². The van der Waals surface area contributed by atoms with E-state index in [2.05, 4.69) is 58.3 Å². The van der Waals surface area contributed by atoms with Crippen LogP contribution in [0.5, 0.6) is 0 Å². The standard InChI is InChI=1S/C21H22N2O/c24-21-19-14-22(12-15-6-2-1-3-7-15)13-18(19)17-10-4-8-16-9-5-11-23(21)20(16)17/h1-4,6-8,10,18-19H,5,9,11-14H2. The van der Waals surface area contributed by atoms with Gasteiger partial charge < -0.3 is 4.90 Å². The molecule has 122 valence electrons. The van der Waals surface area contributed by atoms with Gasteiger partial charge in [0.05, 0.1) is 11.6 Å². The van der Waals surface area contributed by atoms with E-state index in [0.29, 0.717) is 11.8 Å². The summed E-state index contributed by atoms with van der Waals surface area (Å²) >= 11 is 0. The summed E-state index contributed by atoms with van der Waals surface area (Å²) in [5, 5.41) is 0. The molecule has 3 aliphatic rings. The number of amides is 1. The lowest BCUT2D eigenvalue weighted by Gasteiger charge is -2.40. The maximum atomic E-state index is 13.1. The number of carbonyl (C=O) groups is 1. The highest BCUT2D eigenvalue weighted by Gasteiger charge is 2.46. The second kappa shape index (κ2) is 5.45. The summed E-state index contributed by atoms with van der Waals surface area (Å²) in [6, 6.07) is 17.2. The summed E-state index contributed by atoms with van der Waals surface area (Å²) in [5.41, 5.74) is 5.36. The molecule has 3 heterocycles. The van der Waals surface area contributed by atoms with Gasteiger partial charge in [-0.2, -0.15) is 0 Å². The van der Waals surface area contributed by atoms with Gasteiger partial charge in [0, 0.05) is 32.1 Å². The van der Waals surface area contributed by atoms with Gasteiger partial charge in [-0.15, -0.1) is 0 Å². The molecule has 0 bridgehead atoms. The Morgan fingerprint density at radius 2 is 1.79 bits per heavy atom. The Labute approximate surface area is 142 Å². The summed E-state index contributed by atoms with van der Waals surface area (Å²) in [5.74, 6) is 0.857. The van der Waals surface area contributed by atoms with Crippen LogP contribution in [0.2, 0.25) is 0 Å². The highest BCUT2D eigenvalue weighted by Crippen LogP contribution is 2.46. The van der Waals surface area contributed by atoms with Gasteiger partial charge in [0.25, 0.3) is 0 Å². The fourth-order valence-electron chi connectivity index (χ4n) is 4.82. The van der Waals surface area contributed by atoms with Gasteiger partial charge in [-0.25, -0.2) is 0 Å². The fraction of sp³-hybridized carbons (Fsp3) is 0.381. The number of rotatable bonds is 2. The molecule has 1 saturated heterocycles. The number of hydrogen-bond acceptors (Lipinski definition) is 2. The summed E-state index contributed by atoms with van der Waals surface area (Å²) in [6.45, 7) is 3.72. The summed E-state index contributed by atoms with van der Waals surface area (Å²) < 4.78 is 0. The van der Waals surface area contributed by atoms with Gasteiger partial charge in [0.1, 0.15) is 0 Å². The van der Waals surface area contributed by atoms with Crippen molar-refractivity contribution in [2.24, 2.45) is 5.92 Å². The van der Waals surface area contributed by atoms with Crippen molar-refractivity contribution in [2.75, 3.05) is 24.5 Å². The Hall–Kier alpha value is -2.13. The minimum Gasteiger partial charge on any atom is -0.312 e.